The van der Waals surface area contributed by atoms with Gasteiger partial charge in [-0.3, -0.25) is 9.59 Å². The van der Waals surface area contributed by atoms with E-state index in [1.54, 1.807) is 16.2 Å². The largest absolute Gasteiger partial charge is 0.350 e. The van der Waals surface area contributed by atoms with Gasteiger partial charge in [-0.05, 0) is 30.4 Å². The van der Waals surface area contributed by atoms with Gasteiger partial charge < -0.3 is 10.2 Å². The van der Waals surface area contributed by atoms with Gasteiger partial charge in [0.25, 0.3) is 0 Å². The van der Waals surface area contributed by atoms with Crippen molar-refractivity contribution >= 4 is 23.2 Å². The van der Waals surface area contributed by atoms with Crippen LogP contribution in [0.2, 0.25) is 0 Å². The zero-order valence-electron chi connectivity index (χ0n) is 13.1. The Morgan fingerprint density at radius 2 is 2.22 bits per heavy atom. The number of carbonyl (C=O) groups is 2. The van der Waals surface area contributed by atoms with Gasteiger partial charge in [-0.2, -0.15) is 0 Å². The molecule has 5 heteroatoms. The molecule has 1 aromatic carbocycles. The fourth-order valence-corrected chi connectivity index (χ4v) is 3.61. The molecule has 0 saturated carbocycles. The lowest BCUT2D eigenvalue weighted by atomic mass is 10.1. The fraction of sp³-hybridized carbons (Fsp3) is 0.333. The smallest absolute Gasteiger partial charge is 0.243 e. The summed E-state index contributed by atoms with van der Waals surface area (Å²) in [5.74, 6) is 0.00279. The van der Waals surface area contributed by atoms with Crippen molar-refractivity contribution in [3.05, 3.63) is 57.8 Å². The molecule has 0 spiro atoms. The molecular weight excluding hydrogens is 308 g/mol. The van der Waals surface area contributed by atoms with Crippen molar-refractivity contribution in [2.24, 2.45) is 0 Å². The van der Waals surface area contributed by atoms with Crippen molar-refractivity contribution < 1.29 is 9.59 Å². The molecule has 120 valence electrons. The molecule has 23 heavy (non-hydrogen) atoms. The molecule has 2 heterocycles. The molecule has 4 nitrogen and oxygen atoms in total. The second kappa shape index (κ2) is 6.96. The number of rotatable bonds is 5. The van der Waals surface area contributed by atoms with Crippen molar-refractivity contribution in [1.82, 2.24) is 10.2 Å². The van der Waals surface area contributed by atoms with Crippen LogP contribution in [0.25, 0.3) is 0 Å². The Labute approximate surface area is 140 Å². The van der Waals surface area contributed by atoms with E-state index < -0.39 is 0 Å². The van der Waals surface area contributed by atoms with E-state index in [2.05, 4.69) is 11.4 Å². The first-order valence-corrected chi connectivity index (χ1v) is 8.66. The van der Waals surface area contributed by atoms with Crippen molar-refractivity contribution in [3.8, 4) is 0 Å². The van der Waals surface area contributed by atoms with Crippen molar-refractivity contribution in [1.29, 1.82) is 0 Å². The summed E-state index contributed by atoms with van der Waals surface area (Å²) in [5.41, 5.74) is 2.25. The van der Waals surface area contributed by atoms with Crippen LogP contribution in [0.5, 0.6) is 0 Å². The van der Waals surface area contributed by atoms with E-state index in [9.17, 15) is 9.59 Å². The predicted molar refractivity (Wildman–Crippen MR) is 90.9 cm³/mol. The summed E-state index contributed by atoms with van der Waals surface area (Å²) < 4.78 is 0. The zero-order valence-corrected chi connectivity index (χ0v) is 13.9. The summed E-state index contributed by atoms with van der Waals surface area (Å²) in [6, 6.07) is 11.7. The summed E-state index contributed by atoms with van der Waals surface area (Å²) in [6.45, 7) is 3.06. The van der Waals surface area contributed by atoms with Crippen LogP contribution in [0.15, 0.2) is 41.8 Å². The molecule has 1 aliphatic heterocycles. The van der Waals surface area contributed by atoms with E-state index in [4.69, 9.17) is 0 Å². The second-order valence-corrected chi connectivity index (χ2v) is 6.89. The zero-order chi connectivity index (χ0) is 16.2. The van der Waals surface area contributed by atoms with Crippen LogP contribution in [0.1, 0.15) is 28.8 Å². The van der Waals surface area contributed by atoms with Crippen molar-refractivity contribution in [3.63, 3.8) is 0 Å². The molecule has 0 bridgehead atoms. The average molecular weight is 328 g/mol. The van der Waals surface area contributed by atoms with E-state index in [0.717, 1.165) is 10.4 Å². The van der Waals surface area contributed by atoms with E-state index in [1.807, 2.05) is 42.6 Å². The van der Waals surface area contributed by atoms with Crippen LogP contribution in [0.4, 0.5) is 0 Å². The molecule has 1 aromatic heterocycles. The van der Waals surface area contributed by atoms with Gasteiger partial charge in [-0.1, -0.05) is 35.9 Å². The first-order chi connectivity index (χ1) is 11.1. The van der Waals surface area contributed by atoms with Gasteiger partial charge in [0.15, 0.2) is 0 Å². The molecule has 1 saturated heterocycles. The number of likely N-dealkylation sites (tertiary alicyclic amines) is 1. The average Bonchev–Trinajstić information content (AvgIpc) is 3.16. The Morgan fingerprint density at radius 3 is 2.96 bits per heavy atom. The third kappa shape index (κ3) is 3.79. The number of nitrogens with one attached hydrogen (secondary N) is 1. The Bertz CT molecular complexity index is 697. The third-order valence-electron chi connectivity index (χ3n) is 4.09. The minimum absolute atomic E-state index is 0.0612. The first-order valence-electron chi connectivity index (χ1n) is 7.78. The van der Waals surface area contributed by atoms with Gasteiger partial charge in [0.05, 0.1) is 6.54 Å². The van der Waals surface area contributed by atoms with Crippen LogP contribution in [-0.2, 0) is 22.7 Å². The summed E-state index contributed by atoms with van der Waals surface area (Å²) in [4.78, 5) is 27.4. The maximum atomic E-state index is 12.5. The Kier molecular flexibility index (Phi) is 4.76. The van der Waals surface area contributed by atoms with Crippen LogP contribution in [0.3, 0.4) is 0 Å². The fourth-order valence-electron chi connectivity index (χ4n) is 2.90. The lowest BCUT2D eigenvalue weighted by Gasteiger charge is -2.23. The summed E-state index contributed by atoms with van der Waals surface area (Å²) in [7, 11) is 0. The van der Waals surface area contributed by atoms with Crippen LogP contribution in [-0.4, -0.2) is 22.8 Å². The number of amides is 2. The van der Waals surface area contributed by atoms with Gasteiger partial charge in [0.2, 0.25) is 11.8 Å². The molecule has 1 fully saturated rings. The number of benzene rings is 1. The second-order valence-electron chi connectivity index (χ2n) is 5.86. The Morgan fingerprint density at radius 1 is 1.35 bits per heavy atom. The SMILES string of the molecule is Cc1cccc(CNC(=O)C2CCC(=O)N2Cc2cccs2)c1. The number of hydrogen-bond donors (Lipinski definition) is 1. The number of thiophene rings is 1. The highest BCUT2D eigenvalue weighted by Crippen LogP contribution is 2.23. The third-order valence-corrected chi connectivity index (χ3v) is 4.95. The van der Waals surface area contributed by atoms with Gasteiger partial charge in [0.1, 0.15) is 6.04 Å². The van der Waals surface area contributed by atoms with Crippen LogP contribution in [0, 0.1) is 6.92 Å². The summed E-state index contributed by atoms with van der Waals surface area (Å²) >= 11 is 1.61. The molecule has 1 N–H and O–H groups in total. The van der Waals surface area contributed by atoms with E-state index in [0.29, 0.717) is 25.9 Å². The highest BCUT2D eigenvalue weighted by Gasteiger charge is 2.35. The summed E-state index contributed by atoms with van der Waals surface area (Å²) in [6.07, 6.45) is 1.05. The predicted octanol–water partition coefficient (Wildman–Crippen LogP) is 2.86. The first kappa shape index (κ1) is 15.7. The highest BCUT2D eigenvalue weighted by molar-refractivity contribution is 7.09. The molecular formula is C18H20N2O2S. The van der Waals surface area contributed by atoms with Gasteiger partial charge >= 0.3 is 0 Å². The van der Waals surface area contributed by atoms with E-state index in [1.165, 1.54) is 5.56 Å². The Balaban J connectivity index is 1.62. The molecule has 1 aliphatic rings. The molecule has 1 unspecified atom stereocenters. The van der Waals surface area contributed by atoms with Crippen molar-refractivity contribution in [2.45, 2.75) is 38.9 Å². The molecule has 0 radical (unpaired) electrons. The monoisotopic (exact) mass is 328 g/mol. The van der Waals surface area contributed by atoms with Gasteiger partial charge in [-0.15, -0.1) is 11.3 Å². The summed E-state index contributed by atoms with van der Waals surface area (Å²) in [5, 5.41) is 4.96. The molecule has 2 amide bonds. The van der Waals surface area contributed by atoms with E-state index in [-0.39, 0.29) is 17.9 Å². The molecule has 3 rings (SSSR count). The number of nitrogens with zero attached hydrogens (tertiary/aromatic N) is 1. The molecule has 1 atom stereocenters. The van der Waals surface area contributed by atoms with Gasteiger partial charge in [0, 0.05) is 17.8 Å². The minimum Gasteiger partial charge on any atom is -0.350 e. The quantitative estimate of drug-likeness (QED) is 0.917. The minimum atomic E-state index is -0.352. The molecule has 0 aliphatic carbocycles. The lowest BCUT2D eigenvalue weighted by Crippen LogP contribution is -2.44. The van der Waals surface area contributed by atoms with Crippen LogP contribution >= 0.6 is 11.3 Å². The Hall–Kier alpha value is -2.14. The molecule has 2 aromatic rings. The highest BCUT2D eigenvalue weighted by atomic mass is 32.1. The maximum Gasteiger partial charge on any atom is 0.243 e. The maximum absolute atomic E-state index is 12.5. The topological polar surface area (TPSA) is 49.4 Å². The number of hydrogen-bond acceptors (Lipinski definition) is 3. The number of carbonyl (C=O) groups excluding carboxylic acids is 2. The van der Waals surface area contributed by atoms with Crippen molar-refractivity contribution in [2.75, 3.05) is 0 Å². The number of aryl methyl sites for hydroxylation is 1. The van der Waals surface area contributed by atoms with E-state index >= 15 is 0 Å². The standard InChI is InChI=1S/C18H20N2O2S/c1-13-4-2-5-14(10-13)11-19-18(22)16-7-8-17(21)20(16)12-15-6-3-9-23-15/h2-6,9-10,16H,7-8,11-12H2,1H3,(H,19,22). The lowest BCUT2D eigenvalue weighted by molar-refractivity contribution is -0.135. The van der Waals surface area contributed by atoms with Crippen LogP contribution < -0.4 is 5.32 Å². The van der Waals surface area contributed by atoms with Gasteiger partial charge in [-0.25, -0.2) is 0 Å². The normalized spacial score (nSPS) is 17.5.